The molecular weight excluding hydrogens is 312 g/mol. The number of hydrogen-bond donors (Lipinski definition) is 1. The molecule has 1 atom stereocenters. The Balaban J connectivity index is 1.92. The lowest BCUT2D eigenvalue weighted by Gasteiger charge is -2.21. The van der Waals surface area contributed by atoms with Crippen molar-refractivity contribution in [2.24, 2.45) is 5.73 Å². The fourth-order valence-corrected chi connectivity index (χ4v) is 2.30. The lowest BCUT2D eigenvalue weighted by molar-refractivity contribution is -0.122. The lowest BCUT2D eigenvalue weighted by atomic mass is 10.2. The number of rotatable bonds is 7. The first-order chi connectivity index (χ1) is 11.0. The fraction of sp³-hybridized carbons (Fsp3) is 0.278. The van der Waals surface area contributed by atoms with E-state index in [1.165, 1.54) is 0 Å². The fourth-order valence-electron chi connectivity index (χ4n) is 2.11. The summed E-state index contributed by atoms with van der Waals surface area (Å²) in [6.07, 6.45) is 0. The average Bonchev–Trinajstić information content (AvgIpc) is 2.54. The number of nitrogens with zero attached hydrogens (tertiary/aromatic N) is 1. The van der Waals surface area contributed by atoms with Crippen molar-refractivity contribution in [2.75, 3.05) is 7.05 Å². The van der Waals surface area contributed by atoms with Gasteiger partial charge in [0, 0.05) is 17.1 Å². The van der Waals surface area contributed by atoms with E-state index < -0.39 is 0 Å². The van der Waals surface area contributed by atoms with Gasteiger partial charge in [0.2, 0.25) is 5.91 Å². The summed E-state index contributed by atoms with van der Waals surface area (Å²) >= 11 is 6.10. The Hall–Kier alpha value is -2.04. The van der Waals surface area contributed by atoms with Crippen LogP contribution in [0.1, 0.15) is 18.1 Å². The summed E-state index contributed by atoms with van der Waals surface area (Å²) in [5.41, 5.74) is 7.35. The average molecular weight is 333 g/mol. The van der Waals surface area contributed by atoms with Crippen molar-refractivity contribution in [3.8, 4) is 5.75 Å². The van der Waals surface area contributed by atoms with Crippen molar-refractivity contribution in [1.29, 1.82) is 0 Å². The number of ether oxygens (including phenoxy) is 1. The number of carbonyl (C=O) groups excluding carboxylic acids is 1. The Morgan fingerprint density at radius 3 is 2.48 bits per heavy atom. The van der Waals surface area contributed by atoms with Gasteiger partial charge in [0.15, 0.2) is 0 Å². The maximum absolute atomic E-state index is 11.2. The Bertz CT molecular complexity index is 658. The van der Waals surface area contributed by atoms with E-state index in [1.54, 1.807) is 6.92 Å². The van der Waals surface area contributed by atoms with Gasteiger partial charge in [-0.25, -0.2) is 0 Å². The van der Waals surface area contributed by atoms with Gasteiger partial charge in [-0.15, -0.1) is 0 Å². The van der Waals surface area contributed by atoms with Gasteiger partial charge in [0.1, 0.15) is 12.4 Å². The molecule has 0 saturated carbocycles. The van der Waals surface area contributed by atoms with Crippen LogP contribution in [0.3, 0.4) is 0 Å². The summed E-state index contributed by atoms with van der Waals surface area (Å²) in [5.74, 6) is 0.450. The van der Waals surface area contributed by atoms with Crippen LogP contribution >= 0.6 is 11.6 Å². The van der Waals surface area contributed by atoms with Crippen LogP contribution in [0, 0.1) is 0 Å². The van der Waals surface area contributed by atoms with Crippen molar-refractivity contribution in [3.05, 3.63) is 64.7 Å². The molecule has 0 aromatic heterocycles. The Morgan fingerprint density at radius 1 is 1.22 bits per heavy atom. The van der Waals surface area contributed by atoms with Crippen LogP contribution in [0.15, 0.2) is 48.5 Å². The molecule has 0 aliphatic heterocycles. The molecule has 0 spiro atoms. The number of primary amides is 1. The summed E-state index contributed by atoms with van der Waals surface area (Å²) in [6.45, 7) is 2.87. The molecule has 5 heteroatoms. The molecule has 0 radical (unpaired) electrons. The number of benzene rings is 2. The van der Waals surface area contributed by atoms with Gasteiger partial charge in [-0.1, -0.05) is 41.9 Å². The quantitative estimate of drug-likeness (QED) is 0.847. The van der Waals surface area contributed by atoms with Crippen LogP contribution in [-0.4, -0.2) is 23.9 Å². The van der Waals surface area contributed by atoms with E-state index in [-0.39, 0.29) is 11.9 Å². The Morgan fingerprint density at radius 2 is 1.87 bits per heavy atom. The number of hydrogen-bond acceptors (Lipinski definition) is 3. The maximum atomic E-state index is 11.2. The van der Waals surface area contributed by atoms with E-state index in [2.05, 4.69) is 0 Å². The third kappa shape index (κ3) is 4.98. The monoisotopic (exact) mass is 332 g/mol. The van der Waals surface area contributed by atoms with E-state index in [0.717, 1.165) is 16.9 Å². The van der Waals surface area contributed by atoms with Crippen molar-refractivity contribution >= 4 is 17.5 Å². The minimum Gasteiger partial charge on any atom is -0.489 e. The molecule has 122 valence electrons. The molecule has 2 aromatic carbocycles. The highest BCUT2D eigenvalue weighted by Gasteiger charge is 2.14. The van der Waals surface area contributed by atoms with Crippen LogP contribution in [0.25, 0.3) is 0 Å². The molecule has 0 heterocycles. The molecule has 0 bridgehead atoms. The topological polar surface area (TPSA) is 55.6 Å². The summed E-state index contributed by atoms with van der Waals surface area (Å²) in [5, 5.41) is 0.700. The molecule has 2 aromatic rings. The van der Waals surface area contributed by atoms with Crippen LogP contribution < -0.4 is 10.5 Å². The number of amides is 1. The van der Waals surface area contributed by atoms with Crippen molar-refractivity contribution in [1.82, 2.24) is 4.90 Å². The Labute approximate surface area is 141 Å². The molecule has 23 heavy (non-hydrogen) atoms. The number of carbonyl (C=O) groups is 1. The minimum absolute atomic E-state index is 0.300. The molecule has 0 saturated heterocycles. The van der Waals surface area contributed by atoms with Gasteiger partial charge in [-0.05, 0) is 37.7 Å². The van der Waals surface area contributed by atoms with Crippen molar-refractivity contribution in [2.45, 2.75) is 26.1 Å². The van der Waals surface area contributed by atoms with Gasteiger partial charge in [0.25, 0.3) is 0 Å². The van der Waals surface area contributed by atoms with Crippen molar-refractivity contribution in [3.63, 3.8) is 0 Å². The largest absolute Gasteiger partial charge is 0.489 e. The molecular formula is C18H21ClN2O2. The standard InChI is InChI=1S/C18H21ClN2O2/c1-13(18(20)22)21(2)11-14-7-9-16(10-8-14)23-12-15-5-3-4-6-17(15)19/h3-10,13H,11-12H2,1-2H3,(H2,20,22). The summed E-state index contributed by atoms with van der Waals surface area (Å²) in [7, 11) is 1.87. The molecule has 1 unspecified atom stereocenters. The van der Waals surface area contributed by atoms with Gasteiger partial charge >= 0.3 is 0 Å². The molecule has 1 amide bonds. The highest BCUT2D eigenvalue weighted by molar-refractivity contribution is 6.31. The van der Waals surface area contributed by atoms with Gasteiger partial charge in [-0.3, -0.25) is 9.69 Å². The second-order valence-electron chi connectivity index (χ2n) is 5.52. The molecule has 2 N–H and O–H groups in total. The molecule has 0 aliphatic carbocycles. The number of likely N-dealkylation sites (N-methyl/N-ethyl adjacent to an activating group) is 1. The number of halogens is 1. The van der Waals surface area contributed by atoms with E-state index >= 15 is 0 Å². The summed E-state index contributed by atoms with van der Waals surface area (Å²) in [6, 6.07) is 15.1. The zero-order valence-electron chi connectivity index (χ0n) is 13.3. The van der Waals surface area contributed by atoms with Gasteiger partial charge in [-0.2, -0.15) is 0 Å². The maximum Gasteiger partial charge on any atom is 0.234 e. The minimum atomic E-state index is -0.327. The second-order valence-corrected chi connectivity index (χ2v) is 5.92. The van der Waals surface area contributed by atoms with Crippen molar-refractivity contribution < 1.29 is 9.53 Å². The first kappa shape index (κ1) is 17.3. The predicted octanol–water partition coefficient (Wildman–Crippen LogP) is 3.22. The van der Waals surface area contributed by atoms with Gasteiger partial charge in [0.05, 0.1) is 6.04 Å². The van der Waals surface area contributed by atoms with E-state index in [1.807, 2.05) is 60.5 Å². The molecule has 0 fully saturated rings. The van der Waals surface area contributed by atoms with E-state index in [9.17, 15) is 4.79 Å². The zero-order valence-corrected chi connectivity index (χ0v) is 14.1. The van der Waals surface area contributed by atoms with E-state index in [4.69, 9.17) is 22.1 Å². The first-order valence-electron chi connectivity index (χ1n) is 7.42. The highest BCUT2D eigenvalue weighted by atomic mass is 35.5. The smallest absolute Gasteiger partial charge is 0.234 e. The SMILES string of the molecule is CC(C(N)=O)N(C)Cc1ccc(OCc2ccccc2Cl)cc1. The van der Waals surface area contributed by atoms with E-state index in [0.29, 0.717) is 18.2 Å². The highest BCUT2D eigenvalue weighted by Crippen LogP contribution is 2.19. The van der Waals surface area contributed by atoms with Crippen LogP contribution in [-0.2, 0) is 17.9 Å². The second kappa shape index (κ2) is 7.99. The first-order valence-corrected chi connectivity index (χ1v) is 7.80. The van der Waals surface area contributed by atoms with Crippen LogP contribution in [0.4, 0.5) is 0 Å². The third-order valence-electron chi connectivity index (χ3n) is 3.78. The molecule has 0 aliphatic rings. The summed E-state index contributed by atoms with van der Waals surface area (Å²) in [4.78, 5) is 13.1. The molecule has 4 nitrogen and oxygen atoms in total. The van der Waals surface area contributed by atoms with Crippen LogP contribution in [0.2, 0.25) is 5.02 Å². The Kier molecular flexibility index (Phi) is 6.02. The predicted molar refractivity (Wildman–Crippen MR) is 92.3 cm³/mol. The lowest BCUT2D eigenvalue weighted by Crippen LogP contribution is -2.39. The molecule has 2 rings (SSSR count). The van der Waals surface area contributed by atoms with Crippen LogP contribution in [0.5, 0.6) is 5.75 Å². The summed E-state index contributed by atoms with van der Waals surface area (Å²) < 4.78 is 5.75. The number of nitrogens with two attached hydrogens (primary N) is 1. The third-order valence-corrected chi connectivity index (χ3v) is 4.15. The normalized spacial score (nSPS) is 12.2. The zero-order chi connectivity index (χ0) is 16.8. The van der Waals surface area contributed by atoms with Gasteiger partial charge < -0.3 is 10.5 Å².